The highest BCUT2D eigenvalue weighted by Crippen LogP contribution is 2.21. The second-order valence-electron chi connectivity index (χ2n) is 3.76. The van der Waals surface area contributed by atoms with Crippen LogP contribution in [0.5, 0.6) is 0 Å². The fourth-order valence-electron chi connectivity index (χ4n) is 1.40. The van der Waals surface area contributed by atoms with E-state index in [-0.39, 0.29) is 0 Å². The average molecular weight is 356 g/mol. The summed E-state index contributed by atoms with van der Waals surface area (Å²) in [6, 6.07) is 7.39. The van der Waals surface area contributed by atoms with Crippen molar-refractivity contribution in [2.24, 2.45) is 9.98 Å². The van der Waals surface area contributed by atoms with Gasteiger partial charge in [0.05, 0.1) is 8.67 Å². The summed E-state index contributed by atoms with van der Waals surface area (Å²) in [6.07, 6.45) is 3.33. The van der Waals surface area contributed by atoms with E-state index in [9.17, 15) is 0 Å². The zero-order valence-electron chi connectivity index (χ0n) is 10.3. The molecule has 0 atom stereocenters. The summed E-state index contributed by atoms with van der Waals surface area (Å²) in [6.45, 7) is 0. The number of rotatable bonds is 4. The minimum Gasteiger partial charge on any atom is -0.241 e. The molecule has 1 N–H and O–H groups in total. The van der Waals surface area contributed by atoms with Crippen molar-refractivity contribution in [3.8, 4) is 0 Å². The third-order valence-electron chi connectivity index (χ3n) is 2.27. The highest BCUT2D eigenvalue weighted by Gasteiger charge is 2.00. The van der Waals surface area contributed by atoms with Gasteiger partial charge in [0.1, 0.15) is 0 Å². The first-order valence-electron chi connectivity index (χ1n) is 5.70. The standard InChI is InChI=1S/C12H7Cl2N5S2/c13-9-3-1-7(20-9)5-15-11-17-12(19-18-11)16-6-8-2-4-10(14)21-8/h1-6H,(H,17,18,19)/b15-5-,16-6+. The van der Waals surface area contributed by atoms with Crippen LogP contribution in [0.4, 0.5) is 11.9 Å². The summed E-state index contributed by atoms with van der Waals surface area (Å²) in [4.78, 5) is 14.3. The molecule has 0 radical (unpaired) electrons. The van der Waals surface area contributed by atoms with Crippen molar-refractivity contribution in [1.82, 2.24) is 15.2 Å². The molecule has 21 heavy (non-hydrogen) atoms. The van der Waals surface area contributed by atoms with Crippen LogP contribution in [0.1, 0.15) is 9.75 Å². The van der Waals surface area contributed by atoms with Crippen LogP contribution in [0, 0.1) is 0 Å². The molecule has 106 valence electrons. The Bertz CT molecular complexity index is 737. The number of nitrogens with one attached hydrogen (secondary N) is 1. The number of aromatic amines is 1. The number of nitrogens with zero attached hydrogens (tertiary/aromatic N) is 4. The zero-order chi connectivity index (χ0) is 14.7. The van der Waals surface area contributed by atoms with Crippen LogP contribution in [0.2, 0.25) is 8.67 Å². The van der Waals surface area contributed by atoms with Gasteiger partial charge in [-0.15, -0.1) is 27.8 Å². The molecular formula is C12H7Cl2N5S2. The molecule has 3 aromatic heterocycles. The molecule has 0 unspecified atom stereocenters. The Kier molecular flexibility index (Phi) is 4.45. The van der Waals surface area contributed by atoms with E-state index in [0.717, 1.165) is 9.75 Å². The van der Waals surface area contributed by atoms with Gasteiger partial charge in [-0.05, 0) is 24.3 Å². The quantitative estimate of drug-likeness (QED) is 0.687. The third-order valence-corrected chi connectivity index (χ3v) is 4.60. The van der Waals surface area contributed by atoms with Gasteiger partial charge in [0.15, 0.2) is 0 Å². The second-order valence-corrected chi connectivity index (χ2v) is 7.25. The molecular weight excluding hydrogens is 349 g/mol. The highest BCUT2D eigenvalue weighted by molar-refractivity contribution is 7.18. The van der Waals surface area contributed by atoms with E-state index in [1.807, 2.05) is 24.3 Å². The molecule has 0 spiro atoms. The summed E-state index contributed by atoms with van der Waals surface area (Å²) in [5.41, 5.74) is 0. The van der Waals surface area contributed by atoms with Crippen LogP contribution in [-0.4, -0.2) is 27.6 Å². The molecule has 0 amide bonds. The Morgan fingerprint density at radius 3 is 2.14 bits per heavy atom. The lowest BCUT2D eigenvalue weighted by molar-refractivity contribution is 1.08. The number of hydrogen-bond donors (Lipinski definition) is 1. The van der Waals surface area contributed by atoms with Crippen LogP contribution in [0.25, 0.3) is 0 Å². The summed E-state index contributed by atoms with van der Waals surface area (Å²) in [5, 5.41) is 6.66. The molecule has 0 saturated carbocycles. The topological polar surface area (TPSA) is 66.3 Å². The Hall–Kier alpha value is -1.54. The molecule has 0 fully saturated rings. The van der Waals surface area contributed by atoms with Gasteiger partial charge in [0.25, 0.3) is 5.95 Å². The Morgan fingerprint density at radius 2 is 1.57 bits per heavy atom. The number of halogens is 2. The van der Waals surface area contributed by atoms with Crippen molar-refractivity contribution in [2.75, 3.05) is 0 Å². The number of thiophene rings is 2. The van der Waals surface area contributed by atoms with E-state index in [2.05, 4.69) is 25.2 Å². The van der Waals surface area contributed by atoms with Gasteiger partial charge < -0.3 is 0 Å². The molecule has 5 nitrogen and oxygen atoms in total. The minimum atomic E-state index is 0.316. The lowest BCUT2D eigenvalue weighted by atomic mass is 10.5. The summed E-state index contributed by atoms with van der Waals surface area (Å²) >= 11 is 14.6. The first-order chi connectivity index (χ1) is 10.2. The first kappa shape index (κ1) is 14.4. The molecule has 0 aliphatic carbocycles. The molecule has 9 heteroatoms. The van der Waals surface area contributed by atoms with E-state index >= 15 is 0 Å². The third kappa shape index (κ3) is 3.98. The maximum Gasteiger partial charge on any atom is 0.269 e. The van der Waals surface area contributed by atoms with Crippen molar-refractivity contribution in [3.63, 3.8) is 0 Å². The lowest BCUT2D eigenvalue weighted by Crippen LogP contribution is -1.73. The van der Waals surface area contributed by atoms with Crippen molar-refractivity contribution in [3.05, 3.63) is 42.7 Å². The Morgan fingerprint density at radius 1 is 0.952 bits per heavy atom. The largest absolute Gasteiger partial charge is 0.269 e. The monoisotopic (exact) mass is 355 g/mol. The van der Waals surface area contributed by atoms with Crippen LogP contribution < -0.4 is 0 Å². The first-order valence-corrected chi connectivity index (χ1v) is 8.09. The molecule has 0 aromatic carbocycles. The fourth-order valence-corrected chi connectivity index (χ4v) is 3.27. The van der Waals surface area contributed by atoms with Gasteiger partial charge >= 0.3 is 0 Å². The second kappa shape index (κ2) is 6.48. The minimum absolute atomic E-state index is 0.316. The summed E-state index contributed by atoms with van der Waals surface area (Å²) in [5.74, 6) is 0.701. The van der Waals surface area contributed by atoms with Crippen LogP contribution >= 0.6 is 45.9 Å². The molecule has 3 heterocycles. The van der Waals surface area contributed by atoms with Crippen molar-refractivity contribution in [2.45, 2.75) is 0 Å². The number of hydrogen-bond acceptors (Lipinski definition) is 6. The van der Waals surface area contributed by atoms with Crippen LogP contribution in [0.15, 0.2) is 34.3 Å². The Labute approximate surface area is 138 Å². The number of aliphatic imine (C=N–C) groups is 2. The predicted molar refractivity (Wildman–Crippen MR) is 89.5 cm³/mol. The lowest BCUT2D eigenvalue weighted by Gasteiger charge is -1.83. The van der Waals surface area contributed by atoms with E-state index in [0.29, 0.717) is 20.6 Å². The normalized spacial score (nSPS) is 11.9. The smallest absolute Gasteiger partial charge is 0.241 e. The van der Waals surface area contributed by atoms with E-state index < -0.39 is 0 Å². The van der Waals surface area contributed by atoms with E-state index in [1.54, 1.807) is 12.4 Å². The molecule has 0 aliphatic heterocycles. The number of aromatic nitrogens is 3. The average Bonchev–Trinajstić information content (AvgIpc) is 3.16. The molecule has 3 rings (SSSR count). The van der Waals surface area contributed by atoms with Crippen molar-refractivity contribution >= 4 is 70.2 Å². The summed E-state index contributed by atoms with van der Waals surface area (Å²) < 4.78 is 1.43. The summed E-state index contributed by atoms with van der Waals surface area (Å²) in [7, 11) is 0. The van der Waals surface area contributed by atoms with Gasteiger partial charge in [-0.2, -0.15) is 4.98 Å². The molecule has 0 bridgehead atoms. The Balaban J connectivity index is 1.68. The predicted octanol–water partition coefficient (Wildman–Crippen LogP) is 4.74. The zero-order valence-corrected chi connectivity index (χ0v) is 13.5. The van der Waals surface area contributed by atoms with Crippen molar-refractivity contribution < 1.29 is 0 Å². The maximum atomic E-state index is 5.84. The van der Waals surface area contributed by atoms with Gasteiger partial charge in [-0.1, -0.05) is 23.2 Å². The van der Waals surface area contributed by atoms with Gasteiger partial charge in [0.2, 0.25) is 5.95 Å². The maximum absolute atomic E-state index is 5.84. The molecule has 0 aliphatic rings. The highest BCUT2D eigenvalue weighted by atomic mass is 35.5. The van der Waals surface area contributed by atoms with Gasteiger partial charge in [-0.3, -0.25) is 0 Å². The van der Waals surface area contributed by atoms with Gasteiger partial charge in [-0.25, -0.2) is 15.1 Å². The van der Waals surface area contributed by atoms with E-state index in [1.165, 1.54) is 22.7 Å². The molecule has 0 saturated heterocycles. The fraction of sp³-hybridized carbons (Fsp3) is 0. The van der Waals surface area contributed by atoms with Crippen molar-refractivity contribution in [1.29, 1.82) is 0 Å². The molecule has 3 aromatic rings. The van der Waals surface area contributed by atoms with Crippen LogP contribution in [0.3, 0.4) is 0 Å². The SMILES string of the molecule is Clc1ccc(/C=N\c2n[nH]c(/N=C/c3ccc(Cl)s3)n2)s1. The van der Waals surface area contributed by atoms with Gasteiger partial charge in [0, 0.05) is 22.2 Å². The number of H-pyrrole nitrogens is 1. The van der Waals surface area contributed by atoms with Crippen LogP contribution in [-0.2, 0) is 0 Å². The van der Waals surface area contributed by atoms with E-state index in [4.69, 9.17) is 23.2 Å².